The lowest BCUT2D eigenvalue weighted by molar-refractivity contribution is -0.122. The van der Waals surface area contributed by atoms with Gasteiger partial charge in [0.2, 0.25) is 11.9 Å². The maximum absolute atomic E-state index is 11.1. The minimum atomic E-state index is -0.286. The second-order valence-electron chi connectivity index (χ2n) is 4.30. The number of hydrogen-bond donors (Lipinski definition) is 1. The van der Waals surface area contributed by atoms with Crippen molar-refractivity contribution in [2.45, 2.75) is 13.0 Å². The first-order valence-corrected chi connectivity index (χ1v) is 6.21. The standard InChI is InChI=1S/C11H16ClN5O/c1-8(10(13)18)16-2-4-17(5-3-16)11-14-6-9(12)7-15-11/h6-8H,2-5H2,1H3,(H2,13,18)/t8-/m0/s1. The summed E-state index contributed by atoms with van der Waals surface area (Å²) < 4.78 is 0. The third-order valence-electron chi connectivity index (χ3n) is 3.16. The van der Waals surface area contributed by atoms with Crippen molar-refractivity contribution < 1.29 is 4.79 Å². The lowest BCUT2D eigenvalue weighted by Crippen LogP contribution is -2.53. The van der Waals surface area contributed by atoms with Crippen molar-refractivity contribution in [3.05, 3.63) is 17.4 Å². The van der Waals surface area contributed by atoms with Gasteiger partial charge < -0.3 is 10.6 Å². The molecule has 1 aliphatic rings. The molecule has 1 saturated heterocycles. The van der Waals surface area contributed by atoms with Crippen molar-refractivity contribution in [1.82, 2.24) is 14.9 Å². The number of rotatable bonds is 3. The summed E-state index contributed by atoms with van der Waals surface area (Å²) in [4.78, 5) is 23.6. The molecule has 7 heteroatoms. The smallest absolute Gasteiger partial charge is 0.234 e. The van der Waals surface area contributed by atoms with E-state index in [1.165, 1.54) is 0 Å². The van der Waals surface area contributed by atoms with Crippen LogP contribution in [0.5, 0.6) is 0 Å². The first-order valence-electron chi connectivity index (χ1n) is 5.84. The SMILES string of the molecule is C[C@@H](C(N)=O)N1CCN(c2ncc(Cl)cn2)CC1. The van der Waals surface area contributed by atoms with Crippen LogP contribution < -0.4 is 10.6 Å². The van der Waals surface area contributed by atoms with E-state index in [0.29, 0.717) is 11.0 Å². The van der Waals surface area contributed by atoms with Crippen LogP contribution >= 0.6 is 11.6 Å². The monoisotopic (exact) mass is 269 g/mol. The zero-order valence-electron chi connectivity index (χ0n) is 10.2. The zero-order valence-corrected chi connectivity index (χ0v) is 11.0. The summed E-state index contributed by atoms with van der Waals surface area (Å²) in [6.07, 6.45) is 3.17. The van der Waals surface area contributed by atoms with Gasteiger partial charge in [0.1, 0.15) is 0 Å². The number of carbonyl (C=O) groups excluding carboxylic acids is 1. The Hall–Kier alpha value is -1.40. The van der Waals surface area contributed by atoms with Crippen molar-refractivity contribution >= 4 is 23.5 Å². The van der Waals surface area contributed by atoms with Crippen LogP contribution in [0.2, 0.25) is 5.02 Å². The number of aromatic nitrogens is 2. The molecule has 1 aromatic heterocycles. The number of hydrogen-bond acceptors (Lipinski definition) is 5. The number of piperazine rings is 1. The van der Waals surface area contributed by atoms with E-state index in [2.05, 4.69) is 19.8 Å². The van der Waals surface area contributed by atoms with Crippen LogP contribution in [0.3, 0.4) is 0 Å². The molecule has 98 valence electrons. The summed E-state index contributed by atoms with van der Waals surface area (Å²) in [5.41, 5.74) is 5.30. The third-order valence-corrected chi connectivity index (χ3v) is 3.36. The molecule has 1 aliphatic heterocycles. The summed E-state index contributed by atoms with van der Waals surface area (Å²) in [6, 6.07) is -0.224. The van der Waals surface area contributed by atoms with Crippen LogP contribution in [0, 0.1) is 0 Å². The van der Waals surface area contributed by atoms with E-state index >= 15 is 0 Å². The van der Waals surface area contributed by atoms with Gasteiger partial charge >= 0.3 is 0 Å². The fourth-order valence-corrected chi connectivity index (χ4v) is 2.06. The minimum Gasteiger partial charge on any atom is -0.368 e. The van der Waals surface area contributed by atoms with Gasteiger partial charge in [-0.2, -0.15) is 0 Å². The van der Waals surface area contributed by atoms with E-state index in [1.807, 2.05) is 6.92 Å². The Morgan fingerprint density at radius 1 is 1.33 bits per heavy atom. The molecule has 1 aromatic rings. The second-order valence-corrected chi connectivity index (χ2v) is 4.74. The Bertz CT molecular complexity index is 416. The Morgan fingerprint density at radius 3 is 2.39 bits per heavy atom. The van der Waals surface area contributed by atoms with Gasteiger partial charge in [-0.15, -0.1) is 0 Å². The maximum atomic E-state index is 11.1. The molecular formula is C11H16ClN5O. The molecule has 18 heavy (non-hydrogen) atoms. The summed E-state index contributed by atoms with van der Waals surface area (Å²) >= 11 is 5.75. The number of carbonyl (C=O) groups is 1. The van der Waals surface area contributed by atoms with Gasteiger partial charge in [-0.05, 0) is 6.92 Å². The fourth-order valence-electron chi connectivity index (χ4n) is 1.96. The van der Waals surface area contributed by atoms with E-state index in [-0.39, 0.29) is 11.9 Å². The van der Waals surface area contributed by atoms with Crippen molar-refractivity contribution in [2.75, 3.05) is 31.1 Å². The highest BCUT2D eigenvalue weighted by molar-refractivity contribution is 6.30. The first kappa shape index (κ1) is 13.0. The molecule has 2 heterocycles. The van der Waals surface area contributed by atoms with Gasteiger partial charge in [0.25, 0.3) is 0 Å². The molecule has 0 spiro atoms. The summed E-state index contributed by atoms with van der Waals surface area (Å²) in [6.45, 7) is 4.93. The van der Waals surface area contributed by atoms with Crippen LogP contribution in [0.25, 0.3) is 0 Å². The molecule has 2 rings (SSSR count). The third kappa shape index (κ3) is 2.88. The van der Waals surface area contributed by atoms with Crippen molar-refractivity contribution in [1.29, 1.82) is 0 Å². The fraction of sp³-hybridized carbons (Fsp3) is 0.545. The van der Waals surface area contributed by atoms with Crippen LogP contribution in [0.4, 0.5) is 5.95 Å². The van der Waals surface area contributed by atoms with Gasteiger partial charge in [-0.1, -0.05) is 11.6 Å². The summed E-state index contributed by atoms with van der Waals surface area (Å²) in [5.74, 6) is 0.386. The highest BCUT2D eigenvalue weighted by Gasteiger charge is 2.24. The lowest BCUT2D eigenvalue weighted by atomic mass is 10.2. The topological polar surface area (TPSA) is 75.4 Å². The average molecular weight is 270 g/mol. The van der Waals surface area contributed by atoms with Gasteiger partial charge in [-0.25, -0.2) is 9.97 Å². The summed E-state index contributed by atoms with van der Waals surface area (Å²) in [5, 5.41) is 0.528. The summed E-state index contributed by atoms with van der Waals surface area (Å²) in [7, 11) is 0. The zero-order chi connectivity index (χ0) is 13.1. The minimum absolute atomic E-state index is 0.224. The highest BCUT2D eigenvalue weighted by atomic mass is 35.5. The Labute approximate surface area is 111 Å². The molecule has 2 N–H and O–H groups in total. The number of anilines is 1. The quantitative estimate of drug-likeness (QED) is 0.844. The van der Waals surface area contributed by atoms with E-state index < -0.39 is 0 Å². The molecule has 1 atom stereocenters. The highest BCUT2D eigenvalue weighted by Crippen LogP contribution is 2.13. The number of primary amides is 1. The van der Waals surface area contributed by atoms with Crippen LogP contribution in [-0.2, 0) is 4.79 Å². The van der Waals surface area contributed by atoms with Crippen molar-refractivity contribution in [3.63, 3.8) is 0 Å². The first-order chi connectivity index (χ1) is 8.58. The van der Waals surface area contributed by atoms with Gasteiger partial charge in [-0.3, -0.25) is 9.69 Å². The molecule has 0 saturated carbocycles. The van der Waals surface area contributed by atoms with E-state index in [4.69, 9.17) is 17.3 Å². The van der Waals surface area contributed by atoms with E-state index in [9.17, 15) is 4.79 Å². The molecule has 1 amide bonds. The normalized spacial score (nSPS) is 18.7. The van der Waals surface area contributed by atoms with E-state index in [1.54, 1.807) is 12.4 Å². The largest absolute Gasteiger partial charge is 0.368 e. The predicted octanol–water partition coefficient (Wildman–Crippen LogP) is 0.126. The average Bonchev–Trinajstić information content (AvgIpc) is 2.39. The molecule has 0 aromatic carbocycles. The van der Waals surface area contributed by atoms with E-state index in [0.717, 1.165) is 26.2 Å². The number of nitrogens with zero attached hydrogens (tertiary/aromatic N) is 4. The Kier molecular flexibility index (Phi) is 3.98. The molecule has 6 nitrogen and oxygen atoms in total. The number of nitrogens with two attached hydrogens (primary N) is 1. The second kappa shape index (κ2) is 5.49. The van der Waals surface area contributed by atoms with Gasteiger partial charge in [0.15, 0.2) is 0 Å². The number of halogens is 1. The number of amides is 1. The van der Waals surface area contributed by atoms with Crippen molar-refractivity contribution in [3.8, 4) is 0 Å². The molecule has 0 radical (unpaired) electrons. The van der Waals surface area contributed by atoms with Crippen LogP contribution in [0.1, 0.15) is 6.92 Å². The van der Waals surface area contributed by atoms with Crippen LogP contribution in [-0.4, -0.2) is 53.0 Å². The molecule has 0 aliphatic carbocycles. The Morgan fingerprint density at radius 2 is 1.89 bits per heavy atom. The lowest BCUT2D eigenvalue weighted by Gasteiger charge is -2.36. The maximum Gasteiger partial charge on any atom is 0.234 e. The van der Waals surface area contributed by atoms with Gasteiger partial charge in [0, 0.05) is 26.2 Å². The van der Waals surface area contributed by atoms with Crippen LogP contribution in [0.15, 0.2) is 12.4 Å². The molecule has 0 unspecified atom stereocenters. The van der Waals surface area contributed by atoms with Crippen molar-refractivity contribution in [2.24, 2.45) is 5.73 Å². The molecule has 1 fully saturated rings. The Balaban J connectivity index is 1.94. The predicted molar refractivity (Wildman–Crippen MR) is 69.5 cm³/mol. The molecule has 0 bridgehead atoms. The van der Waals surface area contributed by atoms with Gasteiger partial charge in [0.05, 0.1) is 23.5 Å². The molecular weight excluding hydrogens is 254 g/mol.